The van der Waals surface area contributed by atoms with Crippen molar-refractivity contribution in [3.05, 3.63) is 59.8 Å². The van der Waals surface area contributed by atoms with Crippen LogP contribution in [0, 0.1) is 23.4 Å². The number of anilines is 1. The summed E-state index contributed by atoms with van der Waals surface area (Å²) in [5, 5.41) is 14.2. The Hall–Kier alpha value is -4.03. The van der Waals surface area contributed by atoms with Gasteiger partial charge in [-0.1, -0.05) is 6.07 Å². The summed E-state index contributed by atoms with van der Waals surface area (Å²) in [6.45, 7) is 3.95. The molecule has 2 aromatic heterocycles. The van der Waals surface area contributed by atoms with Crippen LogP contribution in [0.15, 0.2) is 42.4 Å². The molecule has 8 rings (SSSR count). The third kappa shape index (κ3) is 4.29. The number of hydrogen-bond donors (Lipinski definition) is 2. The first kappa shape index (κ1) is 27.5. The van der Waals surface area contributed by atoms with Gasteiger partial charge in [0.15, 0.2) is 17.5 Å². The number of halogens is 4. The predicted molar refractivity (Wildman–Crippen MR) is 157 cm³/mol. The number of nitrogens with zero attached hydrogens (tertiary/aromatic N) is 5. The fraction of sp³-hybridized carbons (Fsp3) is 0.406. The average molecular weight is 607 g/mol. The molecule has 3 atom stereocenters. The first-order chi connectivity index (χ1) is 21.3. The summed E-state index contributed by atoms with van der Waals surface area (Å²) in [6.07, 6.45) is 5.44. The van der Waals surface area contributed by atoms with Crippen LogP contribution in [-0.4, -0.2) is 75.9 Å². The highest BCUT2D eigenvalue weighted by atomic mass is 19.2. The quantitative estimate of drug-likeness (QED) is 0.299. The Kier molecular flexibility index (Phi) is 6.42. The first-order valence-corrected chi connectivity index (χ1v) is 14.9. The highest BCUT2D eigenvalue weighted by Gasteiger charge is 2.47. The lowest BCUT2D eigenvalue weighted by Crippen LogP contribution is -2.43. The van der Waals surface area contributed by atoms with Crippen LogP contribution in [0.3, 0.4) is 0 Å². The molecule has 4 aliphatic rings. The van der Waals surface area contributed by atoms with Gasteiger partial charge in [-0.05, 0) is 73.8 Å². The Bertz CT molecular complexity index is 1850. The van der Waals surface area contributed by atoms with E-state index in [4.69, 9.17) is 9.72 Å². The van der Waals surface area contributed by atoms with Crippen molar-refractivity contribution in [2.24, 2.45) is 5.92 Å². The lowest BCUT2D eigenvalue weighted by Gasteiger charge is -2.31. The Morgan fingerprint density at radius 1 is 1.14 bits per heavy atom. The predicted octanol–water partition coefficient (Wildman–Crippen LogP) is 5.24. The van der Waals surface area contributed by atoms with Crippen LogP contribution in [0.25, 0.3) is 32.9 Å². The number of benzene rings is 2. The maximum absolute atomic E-state index is 16.6. The molecule has 4 saturated heterocycles. The number of rotatable bonds is 5. The molecule has 3 unspecified atom stereocenters. The minimum absolute atomic E-state index is 0.0187. The number of piperidine rings is 1. The van der Waals surface area contributed by atoms with Crippen molar-refractivity contribution in [1.82, 2.24) is 25.2 Å². The average Bonchev–Trinajstić information content (AvgIpc) is 3.67. The summed E-state index contributed by atoms with van der Waals surface area (Å²) >= 11 is 0. The minimum atomic E-state index is -1.17. The third-order valence-corrected chi connectivity index (χ3v) is 9.79. The van der Waals surface area contributed by atoms with Gasteiger partial charge in [-0.3, -0.25) is 9.88 Å². The molecule has 0 spiro atoms. The summed E-state index contributed by atoms with van der Waals surface area (Å²) in [6, 6.07) is 4.85. The Labute approximate surface area is 250 Å². The van der Waals surface area contributed by atoms with Crippen molar-refractivity contribution in [3.8, 4) is 23.0 Å². The molecule has 2 N–H and O–H groups in total. The number of phenols is 1. The van der Waals surface area contributed by atoms with Crippen molar-refractivity contribution in [2.75, 3.05) is 44.2 Å². The van der Waals surface area contributed by atoms with E-state index < -0.39 is 17.5 Å². The van der Waals surface area contributed by atoms with Crippen LogP contribution in [0.1, 0.15) is 25.7 Å². The molecule has 0 radical (unpaired) electrons. The van der Waals surface area contributed by atoms with Gasteiger partial charge in [-0.15, -0.1) is 0 Å². The van der Waals surface area contributed by atoms with Gasteiger partial charge in [0.1, 0.15) is 29.4 Å². The Morgan fingerprint density at radius 3 is 2.86 bits per heavy atom. The normalized spacial score (nSPS) is 25.9. The van der Waals surface area contributed by atoms with Gasteiger partial charge >= 0.3 is 6.01 Å². The lowest BCUT2D eigenvalue weighted by atomic mass is 9.94. The third-order valence-electron chi connectivity index (χ3n) is 9.79. The molecule has 6 heterocycles. The van der Waals surface area contributed by atoms with E-state index in [1.165, 1.54) is 24.4 Å². The monoisotopic (exact) mass is 606 g/mol. The first-order valence-electron chi connectivity index (χ1n) is 14.9. The molecule has 0 saturated carbocycles. The second kappa shape index (κ2) is 10.3. The van der Waals surface area contributed by atoms with Crippen molar-refractivity contribution in [3.63, 3.8) is 0 Å². The van der Waals surface area contributed by atoms with Crippen LogP contribution < -0.4 is 15.0 Å². The van der Waals surface area contributed by atoms with Gasteiger partial charge < -0.3 is 20.1 Å². The fourth-order valence-corrected chi connectivity index (χ4v) is 7.78. The number of ether oxygens (including phenoxy) is 1. The standard InChI is InChI=1S/C32H30F4N6O2/c33-10-18-9-32(4-1-5-41(32)14-18)16-44-31-39-29-23(30(40-31)42-15-17-6-20(42)12-37-11-17)13-38-28(27(29)36)22-8-21(43)7-19-2-3-24(34)26(35)25(19)22/h2-3,7-8,10,13,17,20,37,43H,1,4-6,9,11-12,14-16H2/b18-10-. The Morgan fingerprint density at radius 2 is 2.02 bits per heavy atom. The van der Waals surface area contributed by atoms with Gasteiger partial charge in [0, 0.05) is 42.8 Å². The smallest absolute Gasteiger partial charge is 0.319 e. The second-order valence-electron chi connectivity index (χ2n) is 12.5. The highest BCUT2D eigenvalue weighted by Crippen LogP contribution is 2.43. The Balaban J connectivity index is 1.27. The SMILES string of the molecule is Oc1cc(-c2ncc3c(N4CC5CNCC4C5)nc(OCC45CCCN4C/C(=C\F)C5)nc3c2F)c2c(F)c(F)ccc2c1. The molecular weight excluding hydrogens is 576 g/mol. The number of phenolic OH excluding ortho intramolecular Hbond substituents is 1. The van der Waals surface area contributed by atoms with Gasteiger partial charge in [0.2, 0.25) is 0 Å². The van der Waals surface area contributed by atoms with Crippen LogP contribution >= 0.6 is 0 Å². The second-order valence-corrected chi connectivity index (χ2v) is 12.5. The zero-order valence-electron chi connectivity index (χ0n) is 23.8. The van der Waals surface area contributed by atoms with E-state index in [-0.39, 0.29) is 57.5 Å². The molecule has 0 aliphatic carbocycles. The maximum Gasteiger partial charge on any atom is 0.319 e. The number of aromatic nitrogens is 3. The van der Waals surface area contributed by atoms with Gasteiger partial charge in [0.05, 0.1) is 17.3 Å². The largest absolute Gasteiger partial charge is 0.508 e. The summed E-state index contributed by atoms with van der Waals surface area (Å²) in [5.74, 6) is -2.47. The van der Waals surface area contributed by atoms with Gasteiger partial charge in [-0.2, -0.15) is 9.97 Å². The summed E-state index contributed by atoms with van der Waals surface area (Å²) in [5.41, 5.74) is -0.121. The topological polar surface area (TPSA) is 86.6 Å². The van der Waals surface area contributed by atoms with Gasteiger partial charge in [0.25, 0.3) is 0 Å². The number of fused-ring (bicyclic) bond motifs is 5. The lowest BCUT2D eigenvalue weighted by molar-refractivity contribution is 0.108. The van der Waals surface area contributed by atoms with Crippen molar-refractivity contribution >= 4 is 27.5 Å². The molecule has 2 aromatic carbocycles. The van der Waals surface area contributed by atoms with Crippen LogP contribution in [0.5, 0.6) is 11.8 Å². The number of nitrogens with one attached hydrogen (secondary N) is 1. The van der Waals surface area contributed by atoms with E-state index >= 15 is 8.78 Å². The zero-order valence-corrected chi connectivity index (χ0v) is 23.8. The van der Waals surface area contributed by atoms with Crippen molar-refractivity contribution in [2.45, 2.75) is 37.3 Å². The molecule has 4 aromatic rings. The van der Waals surface area contributed by atoms with E-state index in [1.54, 1.807) is 0 Å². The molecule has 4 fully saturated rings. The summed E-state index contributed by atoms with van der Waals surface area (Å²) < 4.78 is 65.7. The molecule has 228 valence electrons. The van der Waals surface area contributed by atoms with Crippen LogP contribution in [-0.2, 0) is 0 Å². The van der Waals surface area contributed by atoms with E-state index in [0.29, 0.717) is 42.0 Å². The number of aromatic hydroxyl groups is 1. The van der Waals surface area contributed by atoms with Crippen LogP contribution in [0.4, 0.5) is 23.4 Å². The van der Waals surface area contributed by atoms with E-state index in [0.717, 1.165) is 51.5 Å². The maximum atomic E-state index is 16.6. The van der Waals surface area contributed by atoms with Crippen molar-refractivity contribution < 1.29 is 27.4 Å². The molecule has 44 heavy (non-hydrogen) atoms. The molecule has 12 heteroatoms. The number of hydrogen-bond acceptors (Lipinski definition) is 8. The molecule has 4 aliphatic heterocycles. The van der Waals surface area contributed by atoms with Crippen LogP contribution in [0.2, 0.25) is 0 Å². The summed E-state index contributed by atoms with van der Waals surface area (Å²) in [7, 11) is 0. The van der Waals surface area contributed by atoms with E-state index in [9.17, 15) is 13.9 Å². The van der Waals surface area contributed by atoms with Gasteiger partial charge in [-0.25, -0.2) is 17.6 Å². The molecule has 8 nitrogen and oxygen atoms in total. The molecule has 0 amide bonds. The van der Waals surface area contributed by atoms with E-state index in [2.05, 4.69) is 25.1 Å². The zero-order chi connectivity index (χ0) is 30.2. The highest BCUT2D eigenvalue weighted by molar-refractivity contribution is 6.00. The van der Waals surface area contributed by atoms with Crippen molar-refractivity contribution in [1.29, 1.82) is 0 Å². The molecule has 2 bridgehead atoms. The number of pyridine rings is 1. The minimum Gasteiger partial charge on any atom is -0.508 e. The summed E-state index contributed by atoms with van der Waals surface area (Å²) in [4.78, 5) is 18.0. The molecular formula is C32H30F4N6O2. The fourth-order valence-electron chi connectivity index (χ4n) is 7.78. The van der Waals surface area contributed by atoms with E-state index in [1.807, 2.05) is 0 Å².